The second-order valence-electron chi connectivity index (χ2n) is 5.65. The molecule has 114 valence electrons. The molecule has 0 N–H and O–H groups in total. The molecule has 5 nitrogen and oxygen atoms in total. The molecule has 3 aromatic heterocycles. The second-order valence-corrected chi connectivity index (χ2v) is 6.60. The van der Waals surface area contributed by atoms with Crippen molar-refractivity contribution < 1.29 is 4.74 Å². The highest BCUT2D eigenvalue weighted by Crippen LogP contribution is 2.23. The Kier molecular flexibility index (Phi) is 3.56. The van der Waals surface area contributed by atoms with Gasteiger partial charge in [0, 0.05) is 32.2 Å². The van der Waals surface area contributed by atoms with Gasteiger partial charge in [-0.15, -0.1) is 11.3 Å². The summed E-state index contributed by atoms with van der Waals surface area (Å²) in [5, 5.41) is 6.51. The summed E-state index contributed by atoms with van der Waals surface area (Å²) < 4.78 is 8.87. The summed E-state index contributed by atoms with van der Waals surface area (Å²) >= 11 is 1.63. The van der Waals surface area contributed by atoms with Gasteiger partial charge >= 0.3 is 0 Å². The van der Waals surface area contributed by atoms with Crippen molar-refractivity contribution in [2.75, 3.05) is 13.2 Å². The van der Waals surface area contributed by atoms with E-state index >= 15 is 0 Å². The van der Waals surface area contributed by atoms with E-state index in [2.05, 4.69) is 5.10 Å². The van der Waals surface area contributed by atoms with Gasteiger partial charge < -0.3 is 9.30 Å². The standard InChI is InChI=1S/C16H17N3O2S/c20-16-14-10-13(15-2-1-9-22-15)17-19(14)6-5-18(16)11-12-3-7-21-8-4-12/h1-2,5-6,9-10,12H,3-4,7-8,11H2. The third kappa shape index (κ3) is 2.48. The normalized spacial score (nSPS) is 16.4. The Morgan fingerprint density at radius 1 is 1.32 bits per heavy atom. The molecule has 0 saturated carbocycles. The van der Waals surface area contributed by atoms with Crippen molar-refractivity contribution in [1.29, 1.82) is 0 Å². The Labute approximate surface area is 131 Å². The van der Waals surface area contributed by atoms with E-state index in [9.17, 15) is 4.79 Å². The van der Waals surface area contributed by atoms with E-state index in [0.717, 1.165) is 43.2 Å². The Morgan fingerprint density at radius 2 is 2.18 bits per heavy atom. The maximum atomic E-state index is 12.7. The van der Waals surface area contributed by atoms with E-state index in [1.54, 1.807) is 15.9 Å². The van der Waals surface area contributed by atoms with Crippen molar-refractivity contribution in [1.82, 2.24) is 14.2 Å². The summed E-state index contributed by atoms with van der Waals surface area (Å²) in [6.45, 7) is 2.37. The molecular formula is C16H17N3O2S. The van der Waals surface area contributed by atoms with E-state index in [1.807, 2.05) is 40.5 Å². The van der Waals surface area contributed by atoms with Crippen molar-refractivity contribution >= 4 is 16.9 Å². The van der Waals surface area contributed by atoms with Crippen LogP contribution < -0.4 is 5.56 Å². The number of nitrogens with zero attached hydrogens (tertiary/aromatic N) is 3. The largest absolute Gasteiger partial charge is 0.381 e. The Morgan fingerprint density at radius 3 is 2.95 bits per heavy atom. The first-order valence-corrected chi connectivity index (χ1v) is 8.40. The summed E-state index contributed by atoms with van der Waals surface area (Å²) in [6.07, 6.45) is 5.76. The molecule has 0 aromatic carbocycles. The third-order valence-electron chi connectivity index (χ3n) is 4.17. The van der Waals surface area contributed by atoms with E-state index in [0.29, 0.717) is 11.4 Å². The number of rotatable bonds is 3. The number of aromatic nitrogens is 3. The van der Waals surface area contributed by atoms with Gasteiger partial charge in [-0.25, -0.2) is 4.52 Å². The lowest BCUT2D eigenvalue weighted by Crippen LogP contribution is -2.27. The molecule has 0 radical (unpaired) electrons. The van der Waals surface area contributed by atoms with Crippen LogP contribution in [0.3, 0.4) is 0 Å². The fraction of sp³-hybridized carbons (Fsp3) is 0.375. The average Bonchev–Trinajstić information content (AvgIpc) is 3.20. The van der Waals surface area contributed by atoms with Gasteiger partial charge in [-0.3, -0.25) is 4.79 Å². The van der Waals surface area contributed by atoms with E-state index in [1.165, 1.54) is 0 Å². The van der Waals surface area contributed by atoms with Crippen LogP contribution in [0, 0.1) is 5.92 Å². The zero-order chi connectivity index (χ0) is 14.9. The van der Waals surface area contributed by atoms with Gasteiger partial charge in [-0.1, -0.05) is 6.07 Å². The van der Waals surface area contributed by atoms with Gasteiger partial charge in [0.05, 0.1) is 4.88 Å². The molecule has 4 heterocycles. The van der Waals surface area contributed by atoms with Crippen molar-refractivity contribution in [3.05, 3.63) is 46.3 Å². The minimum atomic E-state index is 0.0318. The summed E-state index contributed by atoms with van der Waals surface area (Å²) in [5.41, 5.74) is 1.53. The van der Waals surface area contributed by atoms with Crippen molar-refractivity contribution in [2.45, 2.75) is 19.4 Å². The highest BCUT2D eigenvalue weighted by atomic mass is 32.1. The molecule has 1 fully saturated rings. The van der Waals surface area contributed by atoms with Crippen LogP contribution in [-0.4, -0.2) is 27.4 Å². The lowest BCUT2D eigenvalue weighted by Gasteiger charge is -2.22. The lowest BCUT2D eigenvalue weighted by atomic mass is 10.0. The van der Waals surface area contributed by atoms with Crippen molar-refractivity contribution in [3.63, 3.8) is 0 Å². The number of hydrogen-bond acceptors (Lipinski definition) is 4. The molecule has 0 spiro atoms. The quantitative estimate of drug-likeness (QED) is 0.746. The Balaban J connectivity index is 1.69. The first-order valence-electron chi connectivity index (χ1n) is 7.52. The molecule has 1 aliphatic rings. The molecule has 6 heteroatoms. The SMILES string of the molecule is O=c1c2cc(-c3cccs3)nn2ccn1CC1CCOCC1. The number of ether oxygens (including phenoxy) is 1. The van der Waals surface area contributed by atoms with Gasteiger partial charge in [0.2, 0.25) is 0 Å². The molecule has 1 aliphatic heterocycles. The Hall–Kier alpha value is -1.92. The molecular weight excluding hydrogens is 298 g/mol. The molecule has 3 aromatic rings. The first-order chi connectivity index (χ1) is 10.8. The maximum absolute atomic E-state index is 12.7. The zero-order valence-corrected chi connectivity index (χ0v) is 13.0. The minimum Gasteiger partial charge on any atom is -0.381 e. The topological polar surface area (TPSA) is 48.5 Å². The molecule has 0 unspecified atom stereocenters. The highest BCUT2D eigenvalue weighted by Gasteiger charge is 2.16. The van der Waals surface area contributed by atoms with E-state index < -0.39 is 0 Å². The fourth-order valence-corrected chi connectivity index (χ4v) is 3.60. The molecule has 4 rings (SSSR count). The molecule has 0 atom stereocenters. The molecule has 0 amide bonds. The van der Waals surface area contributed by atoms with Gasteiger partial charge in [-0.2, -0.15) is 5.10 Å². The first kappa shape index (κ1) is 13.7. The summed E-state index contributed by atoms with van der Waals surface area (Å²) in [6, 6.07) is 5.90. The van der Waals surface area contributed by atoms with E-state index in [4.69, 9.17) is 4.74 Å². The van der Waals surface area contributed by atoms with Crippen molar-refractivity contribution in [3.8, 4) is 10.6 Å². The summed E-state index contributed by atoms with van der Waals surface area (Å²) in [4.78, 5) is 13.7. The molecule has 0 aliphatic carbocycles. The maximum Gasteiger partial charge on any atom is 0.276 e. The van der Waals surface area contributed by atoms with Gasteiger partial charge in [0.1, 0.15) is 11.2 Å². The van der Waals surface area contributed by atoms with Crippen LogP contribution in [0.4, 0.5) is 0 Å². The van der Waals surface area contributed by atoms with Crippen LogP contribution in [0.1, 0.15) is 12.8 Å². The van der Waals surface area contributed by atoms with E-state index in [-0.39, 0.29) is 5.56 Å². The van der Waals surface area contributed by atoms with Gasteiger partial charge in [0.25, 0.3) is 5.56 Å². The van der Waals surface area contributed by atoms with Crippen LogP contribution in [0.5, 0.6) is 0 Å². The van der Waals surface area contributed by atoms with Gasteiger partial charge in [-0.05, 0) is 36.3 Å². The van der Waals surface area contributed by atoms with Crippen molar-refractivity contribution in [2.24, 2.45) is 5.92 Å². The fourth-order valence-electron chi connectivity index (χ4n) is 2.92. The summed E-state index contributed by atoms with van der Waals surface area (Å²) in [7, 11) is 0. The van der Waals surface area contributed by atoms with Crippen LogP contribution >= 0.6 is 11.3 Å². The van der Waals surface area contributed by atoms with Crippen LogP contribution in [0.15, 0.2) is 40.8 Å². The van der Waals surface area contributed by atoms with Crippen LogP contribution in [0.2, 0.25) is 0 Å². The van der Waals surface area contributed by atoms with Crippen LogP contribution in [0.25, 0.3) is 16.1 Å². The smallest absolute Gasteiger partial charge is 0.276 e. The number of fused-ring (bicyclic) bond motifs is 1. The molecule has 1 saturated heterocycles. The molecule has 22 heavy (non-hydrogen) atoms. The minimum absolute atomic E-state index is 0.0318. The monoisotopic (exact) mass is 315 g/mol. The predicted octanol–water partition coefficient (Wildman–Crippen LogP) is 2.65. The average molecular weight is 315 g/mol. The zero-order valence-electron chi connectivity index (χ0n) is 12.1. The predicted molar refractivity (Wildman–Crippen MR) is 86.3 cm³/mol. The highest BCUT2D eigenvalue weighted by molar-refractivity contribution is 7.13. The molecule has 0 bridgehead atoms. The number of hydrogen-bond donors (Lipinski definition) is 0. The number of thiophene rings is 1. The lowest BCUT2D eigenvalue weighted by molar-refractivity contribution is 0.0609. The van der Waals surface area contributed by atoms with Crippen LogP contribution in [-0.2, 0) is 11.3 Å². The third-order valence-corrected chi connectivity index (χ3v) is 5.07. The Bertz CT molecular complexity index is 829. The van der Waals surface area contributed by atoms with Gasteiger partial charge in [0.15, 0.2) is 0 Å². The second kappa shape index (κ2) is 5.70. The summed E-state index contributed by atoms with van der Waals surface area (Å²) in [5.74, 6) is 0.522.